The Hall–Kier alpha value is -1.64. The minimum absolute atomic E-state index is 0.721. The number of hydrogen-bond donors (Lipinski definition) is 3. The molecule has 1 aromatic carbocycles. The van der Waals surface area contributed by atoms with E-state index in [1.165, 1.54) is 0 Å². The van der Waals surface area contributed by atoms with Gasteiger partial charge in [0.25, 0.3) is 0 Å². The fourth-order valence-corrected chi connectivity index (χ4v) is 1.26. The number of anilines is 1. The molecule has 1 aromatic rings. The minimum Gasteiger partial charge on any atom is -0.386 e. The molecule has 0 atom stereocenters. The van der Waals surface area contributed by atoms with Crippen molar-refractivity contribution in [3.63, 3.8) is 0 Å². The van der Waals surface area contributed by atoms with Gasteiger partial charge in [-0.25, -0.2) is 0 Å². The summed E-state index contributed by atoms with van der Waals surface area (Å²) in [5.41, 5.74) is 6.68. The van der Waals surface area contributed by atoms with E-state index in [4.69, 9.17) is 23.3 Å². The van der Waals surface area contributed by atoms with Gasteiger partial charge in [0, 0.05) is 13.0 Å². The van der Waals surface area contributed by atoms with Crippen LogP contribution >= 0.6 is 0 Å². The van der Waals surface area contributed by atoms with E-state index >= 15 is 0 Å². The standard InChI is InChI=1S/C9H11N3.H2O4S/c10-9-6-7-12(11-9)8-4-2-1-3-5-8;1-5(2,3)4/h1-5H,6-7H2,(H2,10,11);(H2,1,2,3,4). The lowest BCUT2D eigenvalue weighted by Crippen LogP contribution is -2.11. The number of para-hydroxylation sites is 1. The van der Waals surface area contributed by atoms with Gasteiger partial charge in [0.1, 0.15) is 5.84 Å². The van der Waals surface area contributed by atoms with Gasteiger partial charge in [-0.05, 0) is 12.1 Å². The van der Waals surface area contributed by atoms with Crippen molar-refractivity contribution >= 4 is 21.9 Å². The molecule has 1 aliphatic rings. The summed E-state index contributed by atoms with van der Waals surface area (Å²) in [4.78, 5) is 0. The van der Waals surface area contributed by atoms with E-state index in [2.05, 4.69) is 5.10 Å². The zero-order chi connectivity index (χ0) is 12.9. The Balaban J connectivity index is 0.000000249. The van der Waals surface area contributed by atoms with Crippen LogP contribution in [-0.4, -0.2) is 29.9 Å². The van der Waals surface area contributed by atoms with Crippen molar-refractivity contribution in [3.8, 4) is 0 Å². The monoisotopic (exact) mass is 259 g/mol. The molecule has 1 heterocycles. The molecule has 0 spiro atoms. The van der Waals surface area contributed by atoms with Crippen molar-refractivity contribution in [2.45, 2.75) is 6.42 Å². The van der Waals surface area contributed by atoms with Gasteiger partial charge in [-0.15, -0.1) is 0 Å². The van der Waals surface area contributed by atoms with Gasteiger partial charge in [-0.1, -0.05) is 18.2 Å². The molecule has 0 aromatic heterocycles. The Morgan fingerprint density at radius 3 is 2.18 bits per heavy atom. The molecule has 4 N–H and O–H groups in total. The first-order valence-electron chi connectivity index (χ1n) is 4.71. The summed E-state index contributed by atoms with van der Waals surface area (Å²) >= 11 is 0. The molecule has 0 amide bonds. The van der Waals surface area contributed by atoms with E-state index in [9.17, 15) is 0 Å². The van der Waals surface area contributed by atoms with Gasteiger partial charge in [0.2, 0.25) is 0 Å². The van der Waals surface area contributed by atoms with Crippen LogP contribution in [0.5, 0.6) is 0 Å². The lowest BCUT2D eigenvalue weighted by Gasteiger charge is -2.12. The van der Waals surface area contributed by atoms with Crippen molar-refractivity contribution in [3.05, 3.63) is 30.3 Å². The summed E-state index contributed by atoms with van der Waals surface area (Å²) in [5.74, 6) is 0.721. The van der Waals surface area contributed by atoms with Crippen molar-refractivity contribution < 1.29 is 17.5 Å². The predicted octanol–water partition coefficient (Wildman–Crippen LogP) is 0.516. The largest absolute Gasteiger partial charge is 0.394 e. The Morgan fingerprint density at radius 1 is 1.24 bits per heavy atom. The minimum atomic E-state index is -4.67. The van der Waals surface area contributed by atoms with Crippen LogP contribution in [0.15, 0.2) is 35.4 Å². The van der Waals surface area contributed by atoms with Crippen LogP contribution in [0.3, 0.4) is 0 Å². The zero-order valence-electron chi connectivity index (χ0n) is 8.89. The normalized spacial score (nSPS) is 14.9. The molecule has 0 radical (unpaired) electrons. The highest BCUT2D eigenvalue weighted by Gasteiger charge is 2.11. The number of nitrogens with zero attached hydrogens (tertiary/aromatic N) is 2. The fourth-order valence-electron chi connectivity index (χ4n) is 1.26. The molecule has 0 unspecified atom stereocenters. The number of hydrogen-bond acceptors (Lipinski definition) is 5. The maximum Gasteiger partial charge on any atom is 0.394 e. The van der Waals surface area contributed by atoms with Crippen molar-refractivity contribution in [2.24, 2.45) is 10.8 Å². The van der Waals surface area contributed by atoms with Crippen LogP contribution in [-0.2, 0) is 10.4 Å². The van der Waals surface area contributed by atoms with Gasteiger partial charge in [-0.2, -0.15) is 13.5 Å². The second-order valence-corrected chi connectivity index (χ2v) is 4.14. The lowest BCUT2D eigenvalue weighted by molar-refractivity contribution is 0.381. The fraction of sp³-hybridized carbons (Fsp3) is 0.222. The first kappa shape index (κ1) is 13.4. The molecule has 1 aliphatic heterocycles. The third-order valence-corrected chi connectivity index (χ3v) is 1.88. The Bertz CT molecular complexity index is 478. The zero-order valence-corrected chi connectivity index (χ0v) is 9.71. The Labute approximate surface area is 99.1 Å². The first-order chi connectivity index (χ1) is 7.86. The average molecular weight is 259 g/mol. The highest BCUT2D eigenvalue weighted by atomic mass is 32.3. The third kappa shape index (κ3) is 5.85. The summed E-state index contributed by atoms with van der Waals surface area (Å²) in [6, 6.07) is 10.1. The quantitative estimate of drug-likeness (QED) is 0.633. The van der Waals surface area contributed by atoms with Crippen molar-refractivity contribution in [1.82, 2.24) is 0 Å². The van der Waals surface area contributed by atoms with Crippen LogP contribution in [0.2, 0.25) is 0 Å². The number of amidine groups is 1. The summed E-state index contributed by atoms with van der Waals surface area (Å²) in [6.45, 7) is 0.899. The summed E-state index contributed by atoms with van der Waals surface area (Å²) < 4.78 is 31.6. The number of benzene rings is 1. The van der Waals surface area contributed by atoms with Gasteiger partial charge in [-0.3, -0.25) is 14.1 Å². The molecule has 94 valence electrons. The molecular weight excluding hydrogens is 246 g/mol. The van der Waals surface area contributed by atoms with Crippen molar-refractivity contribution in [1.29, 1.82) is 0 Å². The Morgan fingerprint density at radius 2 is 1.76 bits per heavy atom. The van der Waals surface area contributed by atoms with Gasteiger partial charge >= 0.3 is 10.4 Å². The SMILES string of the molecule is NC1=NN(c2ccccc2)CC1.O=S(=O)(O)O. The second-order valence-electron chi connectivity index (χ2n) is 3.25. The van der Waals surface area contributed by atoms with E-state index in [0.29, 0.717) is 0 Å². The van der Waals surface area contributed by atoms with Gasteiger partial charge in [0.15, 0.2) is 0 Å². The lowest BCUT2D eigenvalue weighted by atomic mass is 10.3. The molecule has 0 bridgehead atoms. The second kappa shape index (κ2) is 5.62. The van der Waals surface area contributed by atoms with E-state index in [-0.39, 0.29) is 0 Å². The molecular formula is C9H13N3O4S. The highest BCUT2D eigenvalue weighted by molar-refractivity contribution is 7.79. The smallest absolute Gasteiger partial charge is 0.386 e. The molecule has 7 nitrogen and oxygen atoms in total. The molecule has 0 saturated heterocycles. The van der Waals surface area contributed by atoms with E-state index < -0.39 is 10.4 Å². The molecule has 0 fully saturated rings. The van der Waals surface area contributed by atoms with Crippen LogP contribution in [0.4, 0.5) is 5.69 Å². The highest BCUT2D eigenvalue weighted by Crippen LogP contribution is 2.16. The van der Waals surface area contributed by atoms with Crippen molar-refractivity contribution in [2.75, 3.05) is 11.6 Å². The average Bonchev–Trinajstić information content (AvgIpc) is 2.64. The van der Waals surface area contributed by atoms with Crippen LogP contribution in [0, 0.1) is 0 Å². The van der Waals surface area contributed by atoms with Crippen LogP contribution in [0.1, 0.15) is 6.42 Å². The molecule has 2 rings (SSSR count). The molecule has 0 aliphatic carbocycles. The summed E-state index contributed by atoms with van der Waals surface area (Å²) in [5, 5.41) is 6.11. The molecule has 0 saturated carbocycles. The molecule has 8 heteroatoms. The number of nitrogens with two attached hydrogens (primary N) is 1. The first-order valence-corrected chi connectivity index (χ1v) is 6.11. The topological polar surface area (TPSA) is 116 Å². The van der Waals surface area contributed by atoms with E-state index in [1.54, 1.807) is 0 Å². The van der Waals surface area contributed by atoms with E-state index in [1.807, 2.05) is 35.3 Å². The third-order valence-electron chi connectivity index (χ3n) is 1.88. The number of rotatable bonds is 1. The van der Waals surface area contributed by atoms with Crippen LogP contribution in [0.25, 0.3) is 0 Å². The predicted molar refractivity (Wildman–Crippen MR) is 64.2 cm³/mol. The summed E-state index contributed by atoms with van der Waals surface area (Å²) in [7, 11) is -4.67. The maximum absolute atomic E-state index is 8.74. The van der Waals surface area contributed by atoms with E-state index in [0.717, 1.165) is 24.5 Å². The summed E-state index contributed by atoms with van der Waals surface area (Å²) in [6.07, 6.45) is 0.870. The Kier molecular flexibility index (Phi) is 4.44. The maximum atomic E-state index is 8.74. The van der Waals surface area contributed by atoms with Gasteiger partial charge in [0.05, 0.1) is 5.69 Å². The van der Waals surface area contributed by atoms with Gasteiger partial charge < -0.3 is 5.73 Å². The van der Waals surface area contributed by atoms with Crippen LogP contribution < -0.4 is 10.7 Å². The number of hydrazone groups is 1. The molecule has 17 heavy (non-hydrogen) atoms.